The summed E-state index contributed by atoms with van der Waals surface area (Å²) in [5.41, 5.74) is 3.19. The Labute approximate surface area is 193 Å². The molecule has 2 heterocycles. The van der Waals surface area contributed by atoms with E-state index in [-0.39, 0.29) is 6.03 Å². The number of hydrogen-bond donors (Lipinski definition) is 1. The fourth-order valence-electron chi connectivity index (χ4n) is 4.20. The van der Waals surface area contributed by atoms with E-state index in [1.807, 2.05) is 17.9 Å². The summed E-state index contributed by atoms with van der Waals surface area (Å²) in [5, 5.41) is 7.95. The van der Waals surface area contributed by atoms with Gasteiger partial charge in [0.05, 0.1) is 17.9 Å². The monoisotopic (exact) mass is 440 g/mol. The van der Waals surface area contributed by atoms with Gasteiger partial charge in [0.1, 0.15) is 5.82 Å². The summed E-state index contributed by atoms with van der Waals surface area (Å²) >= 11 is 0. The minimum Gasteiger partial charge on any atom is -0.354 e. The van der Waals surface area contributed by atoms with Crippen LogP contribution in [0.2, 0.25) is 0 Å². The van der Waals surface area contributed by atoms with Gasteiger partial charge in [0.15, 0.2) is 0 Å². The van der Waals surface area contributed by atoms with E-state index < -0.39 is 0 Å². The van der Waals surface area contributed by atoms with Gasteiger partial charge in [0, 0.05) is 44.8 Å². The molecule has 0 radical (unpaired) electrons. The second kappa shape index (κ2) is 11.4. The predicted molar refractivity (Wildman–Crippen MR) is 132 cm³/mol. The van der Waals surface area contributed by atoms with Crippen molar-refractivity contribution >= 4 is 11.8 Å². The third-order valence-corrected chi connectivity index (χ3v) is 6.22. The van der Waals surface area contributed by atoms with Gasteiger partial charge in [-0.2, -0.15) is 5.10 Å². The number of likely N-dealkylation sites (N-methyl/N-ethyl adjacent to an activating group) is 1. The number of hydrogen-bond acceptors (Lipinski definition) is 4. The van der Waals surface area contributed by atoms with Crippen molar-refractivity contribution in [3.05, 3.63) is 41.6 Å². The van der Waals surface area contributed by atoms with Crippen LogP contribution >= 0.6 is 0 Å². The maximum atomic E-state index is 12.9. The van der Waals surface area contributed by atoms with E-state index in [9.17, 15) is 4.79 Å². The van der Waals surface area contributed by atoms with Gasteiger partial charge in [-0.3, -0.25) is 0 Å². The van der Waals surface area contributed by atoms with Gasteiger partial charge >= 0.3 is 6.03 Å². The highest BCUT2D eigenvalue weighted by Gasteiger charge is 2.27. The van der Waals surface area contributed by atoms with Gasteiger partial charge in [-0.15, -0.1) is 0 Å². The van der Waals surface area contributed by atoms with E-state index in [4.69, 9.17) is 5.10 Å². The molecule has 1 aliphatic heterocycles. The summed E-state index contributed by atoms with van der Waals surface area (Å²) in [6, 6.07) is 10.3. The Balaban J connectivity index is 1.98. The number of rotatable bonds is 9. The number of piperazine rings is 1. The number of anilines is 1. The number of aromatic nitrogens is 2. The van der Waals surface area contributed by atoms with Crippen molar-refractivity contribution in [1.82, 2.24) is 24.9 Å². The lowest BCUT2D eigenvalue weighted by Crippen LogP contribution is -2.47. The first-order valence-corrected chi connectivity index (χ1v) is 12.1. The molecule has 7 heteroatoms. The molecule has 0 bridgehead atoms. The van der Waals surface area contributed by atoms with E-state index in [0.29, 0.717) is 19.0 Å². The molecule has 0 atom stereocenters. The Morgan fingerprint density at radius 2 is 1.81 bits per heavy atom. The lowest BCUT2D eigenvalue weighted by molar-refractivity contribution is 0.192. The quantitative estimate of drug-likeness (QED) is 0.643. The van der Waals surface area contributed by atoms with E-state index in [1.54, 1.807) is 0 Å². The van der Waals surface area contributed by atoms with E-state index in [1.165, 1.54) is 0 Å². The number of carbonyl (C=O) groups excluding carboxylic acids is 1. The average molecular weight is 441 g/mol. The molecule has 1 aliphatic rings. The minimum absolute atomic E-state index is 0.00163. The van der Waals surface area contributed by atoms with Gasteiger partial charge in [0.2, 0.25) is 0 Å². The second-order valence-electron chi connectivity index (χ2n) is 9.00. The van der Waals surface area contributed by atoms with Crippen LogP contribution in [-0.2, 0) is 6.54 Å². The van der Waals surface area contributed by atoms with E-state index in [2.05, 4.69) is 71.8 Å². The van der Waals surface area contributed by atoms with Crippen LogP contribution in [0.25, 0.3) is 5.69 Å². The molecule has 7 nitrogen and oxygen atoms in total. The van der Waals surface area contributed by atoms with Gasteiger partial charge in [-0.1, -0.05) is 39.0 Å². The fourth-order valence-corrected chi connectivity index (χ4v) is 4.20. The maximum absolute atomic E-state index is 12.9. The highest BCUT2D eigenvalue weighted by Crippen LogP contribution is 2.30. The lowest BCUT2D eigenvalue weighted by Gasteiger charge is -2.36. The standard InChI is InChI=1S/C25H40N6O/c1-6-26-25(32)30(14-13-20(3)4)19-23-21(5)27-31(22-11-9-8-10-12-22)24(23)29-17-15-28(7-2)16-18-29/h8-12,20H,6-7,13-19H2,1-5H3,(H,26,32). The third kappa shape index (κ3) is 5.82. The molecular weight excluding hydrogens is 400 g/mol. The molecule has 0 aliphatic carbocycles. The van der Waals surface area contributed by atoms with Crippen LogP contribution in [0, 0.1) is 12.8 Å². The highest BCUT2D eigenvalue weighted by molar-refractivity contribution is 5.74. The molecule has 176 valence electrons. The number of urea groups is 1. The summed E-state index contributed by atoms with van der Waals surface area (Å²) in [6.45, 7) is 17.7. The minimum atomic E-state index is 0.00163. The SMILES string of the molecule is CCNC(=O)N(CCC(C)C)Cc1c(C)nn(-c2ccccc2)c1N1CCN(CC)CC1. The van der Waals surface area contributed by atoms with Crippen LogP contribution in [0.15, 0.2) is 30.3 Å². The van der Waals surface area contributed by atoms with Crippen LogP contribution in [0.1, 0.15) is 45.4 Å². The van der Waals surface area contributed by atoms with Gasteiger partial charge < -0.3 is 20.0 Å². The van der Waals surface area contributed by atoms with E-state index >= 15 is 0 Å². The molecule has 3 rings (SSSR count). The first-order chi connectivity index (χ1) is 15.4. The first kappa shape index (κ1) is 24.1. The molecule has 2 aromatic rings. The molecule has 1 fully saturated rings. The van der Waals surface area contributed by atoms with Crippen LogP contribution in [-0.4, -0.2) is 71.4 Å². The Morgan fingerprint density at radius 1 is 1.12 bits per heavy atom. The number of aryl methyl sites for hydroxylation is 1. The molecule has 0 unspecified atom stereocenters. The van der Waals surface area contributed by atoms with Crippen molar-refractivity contribution in [2.75, 3.05) is 50.7 Å². The van der Waals surface area contributed by atoms with Crippen molar-refractivity contribution in [1.29, 1.82) is 0 Å². The number of para-hydroxylation sites is 1. The summed E-state index contributed by atoms with van der Waals surface area (Å²) in [5.74, 6) is 1.67. The molecule has 1 saturated heterocycles. The molecule has 0 saturated carbocycles. The number of carbonyl (C=O) groups is 1. The molecule has 1 aromatic heterocycles. The normalized spacial score (nSPS) is 14.8. The van der Waals surface area contributed by atoms with Gasteiger partial charge in [0.25, 0.3) is 0 Å². The van der Waals surface area contributed by atoms with Gasteiger partial charge in [-0.25, -0.2) is 9.48 Å². The molecule has 32 heavy (non-hydrogen) atoms. The summed E-state index contributed by atoms with van der Waals surface area (Å²) in [4.78, 5) is 19.8. The van der Waals surface area contributed by atoms with E-state index in [0.717, 1.165) is 68.5 Å². The maximum Gasteiger partial charge on any atom is 0.317 e. The number of benzene rings is 1. The summed E-state index contributed by atoms with van der Waals surface area (Å²) in [6.07, 6.45) is 0.980. The topological polar surface area (TPSA) is 56.6 Å². The third-order valence-electron chi connectivity index (χ3n) is 6.22. The summed E-state index contributed by atoms with van der Waals surface area (Å²) < 4.78 is 2.07. The Hall–Kier alpha value is -2.54. The van der Waals surface area contributed by atoms with Crippen molar-refractivity contribution in [2.45, 2.75) is 47.6 Å². The Kier molecular flexibility index (Phi) is 8.56. The average Bonchev–Trinajstić information content (AvgIpc) is 3.13. The number of amides is 2. The van der Waals surface area contributed by atoms with Crippen molar-refractivity contribution in [3.63, 3.8) is 0 Å². The second-order valence-corrected chi connectivity index (χ2v) is 9.00. The molecule has 1 aromatic carbocycles. The number of nitrogens with zero attached hydrogens (tertiary/aromatic N) is 5. The van der Waals surface area contributed by atoms with Crippen molar-refractivity contribution in [3.8, 4) is 5.69 Å². The van der Waals surface area contributed by atoms with Gasteiger partial charge in [-0.05, 0) is 44.9 Å². The molecule has 1 N–H and O–H groups in total. The Morgan fingerprint density at radius 3 is 2.41 bits per heavy atom. The largest absolute Gasteiger partial charge is 0.354 e. The van der Waals surface area contributed by atoms with Crippen molar-refractivity contribution in [2.24, 2.45) is 5.92 Å². The predicted octanol–water partition coefficient (Wildman–Crippen LogP) is 3.90. The van der Waals surface area contributed by atoms with Crippen LogP contribution in [0.3, 0.4) is 0 Å². The molecular formula is C25H40N6O. The number of nitrogens with one attached hydrogen (secondary N) is 1. The fraction of sp³-hybridized carbons (Fsp3) is 0.600. The zero-order valence-corrected chi connectivity index (χ0v) is 20.5. The van der Waals surface area contributed by atoms with Crippen LogP contribution < -0.4 is 10.2 Å². The first-order valence-electron chi connectivity index (χ1n) is 12.1. The van der Waals surface area contributed by atoms with Crippen LogP contribution in [0.5, 0.6) is 0 Å². The molecule has 0 spiro atoms. The van der Waals surface area contributed by atoms with Crippen molar-refractivity contribution < 1.29 is 4.79 Å². The lowest BCUT2D eigenvalue weighted by atomic mass is 10.1. The smallest absolute Gasteiger partial charge is 0.317 e. The molecule has 2 amide bonds. The zero-order chi connectivity index (χ0) is 23.1. The summed E-state index contributed by atoms with van der Waals surface area (Å²) in [7, 11) is 0. The highest BCUT2D eigenvalue weighted by atomic mass is 16.2. The Bertz CT molecular complexity index is 855. The zero-order valence-electron chi connectivity index (χ0n) is 20.5. The van der Waals surface area contributed by atoms with Crippen LogP contribution in [0.4, 0.5) is 10.6 Å².